The van der Waals surface area contributed by atoms with Crippen LogP contribution in [0.5, 0.6) is 5.75 Å². The molecule has 1 amide bonds. The Morgan fingerprint density at radius 1 is 1.24 bits per heavy atom. The van der Waals surface area contributed by atoms with E-state index in [0.717, 1.165) is 23.4 Å². The van der Waals surface area contributed by atoms with Gasteiger partial charge in [0.1, 0.15) is 24.2 Å². The van der Waals surface area contributed by atoms with E-state index in [4.69, 9.17) is 15.5 Å². The Bertz CT molecular complexity index is 1300. The minimum atomic E-state index is -0.992. The molecule has 1 fully saturated rings. The number of pyridine rings is 2. The molecule has 1 saturated heterocycles. The average molecular weight is 520 g/mol. The molecule has 1 aliphatic rings. The molecule has 1 unspecified atom stereocenters. The highest BCUT2D eigenvalue weighted by Gasteiger charge is 2.27. The number of nitriles is 1. The number of piperazine rings is 1. The molecule has 0 aromatic carbocycles. The molecule has 3 N–H and O–H groups in total. The molecular formula is C28H37N7O3. The lowest BCUT2D eigenvalue weighted by Crippen LogP contribution is -2.51. The zero-order valence-electron chi connectivity index (χ0n) is 22.6. The summed E-state index contributed by atoms with van der Waals surface area (Å²) in [5.41, 5.74) is 7.60. The fourth-order valence-electron chi connectivity index (χ4n) is 4.75. The van der Waals surface area contributed by atoms with Crippen molar-refractivity contribution < 1.29 is 14.6 Å². The Balaban J connectivity index is 1.51. The largest absolute Gasteiger partial charge is 0.489 e. The quantitative estimate of drug-likeness (QED) is 0.441. The van der Waals surface area contributed by atoms with Gasteiger partial charge < -0.3 is 25.4 Å². The second-order valence-corrected chi connectivity index (χ2v) is 10.9. The van der Waals surface area contributed by atoms with Crippen LogP contribution < -0.4 is 15.4 Å². The van der Waals surface area contributed by atoms with Crippen LogP contribution >= 0.6 is 0 Å². The minimum absolute atomic E-state index is 0.111. The summed E-state index contributed by atoms with van der Waals surface area (Å²) in [4.78, 5) is 21.7. The van der Waals surface area contributed by atoms with Gasteiger partial charge in [-0.2, -0.15) is 10.4 Å². The van der Waals surface area contributed by atoms with Crippen molar-refractivity contribution in [1.82, 2.24) is 19.5 Å². The number of ether oxygens (including phenoxy) is 1. The summed E-state index contributed by atoms with van der Waals surface area (Å²) in [6.07, 6.45) is 5.81. The minimum Gasteiger partial charge on any atom is -0.489 e. The van der Waals surface area contributed by atoms with Crippen molar-refractivity contribution in [3.8, 4) is 22.9 Å². The van der Waals surface area contributed by atoms with Crippen molar-refractivity contribution >= 4 is 17.2 Å². The number of fused-ring (bicyclic) bond motifs is 1. The number of amides is 1. The van der Waals surface area contributed by atoms with Crippen molar-refractivity contribution in [3.05, 3.63) is 42.4 Å². The Morgan fingerprint density at radius 2 is 1.97 bits per heavy atom. The van der Waals surface area contributed by atoms with Gasteiger partial charge in [0.2, 0.25) is 5.91 Å². The fourth-order valence-corrected chi connectivity index (χ4v) is 4.75. The lowest BCUT2D eigenvalue weighted by atomic mass is 9.95. The molecule has 0 aliphatic carbocycles. The first-order chi connectivity index (χ1) is 18.1. The van der Waals surface area contributed by atoms with E-state index in [0.29, 0.717) is 55.5 Å². The monoisotopic (exact) mass is 519 g/mol. The third-order valence-corrected chi connectivity index (χ3v) is 6.66. The molecule has 1 aliphatic heterocycles. The lowest BCUT2D eigenvalue weighted by Gasteiger charge is -2.37. The highest BCUT2D eigenvalue weighted by atomic mass is 16.5. The van der Waals surface area contributed by atoms with Gasteiger partial charge >= 0.3 is 0 Å². The van der Waals surface area contributed by atoms with Crippen LogP contribution in [0.15, 0.2) is 36.8 Å². The molecule has 4 rings (SSSR count). The Morgan fingerprint density at radius 3 is 2.55 bits per heavy atom. The molecule has 10 heteroatoms. The van der Waals surface area contributed by atoms with Crippen LogP contribution in [-0.2, 0) is 4.79 Å². The molecular weight excluding hydrogens is 482 g/mol. The maximum absolute atomic E-state index is 12.9. The van der Waals surface area contributed by atoms with Crippen LogP contribution in [0.25, 0.3) is 16.6 Å². The fraction of sp³-hybridized carbons (Fsp3) is 0.500. The number of anilines is 1. The zero-order valence-corrected chi connectivity index (χ0v) is 22.6. The predicted octanol–water partition coefficient (Wildman–Crippen LogP) is 2.69. The molecule has 3 aromatic heterocycles. The number of carbonyl (C=O) groups is 1. The van der Waals surface area contributed by atoms with Crippen LogP contribution in [0, 0.1) is 23.2 Å². The SMILES string of the molecule is CC(C)CC(CN)C(=O)N1CCN(c2ccc(-c3cc(OCC(C)(C)O)cn4ncc(C#N)c34)cn2)CC1. The highest BCUT2D eigenvalue weighted by molar-refractivity contribution is 5.85. The van der Waals surface area contributed by atoms with E-state index in [2.05, 4.69) is 29.9 Å². The molecule has 202 valence electrons. The van der Waals surface area contributed by atoms with Crippen molar-refractivity contribution in [2.75, 3.05) is 44.2 Å². The van der Waals surface area contributed by atoms with Gasteiger partial charge in [0, 0.05) is 50.0 Å². The highest BCUT2D eigenvalue weighted by Crippen LogP contribution is 2.31. The second kappa shape index (κ2) is 11.4. The summed E-state index contributed by atoms with van der Waals surface area (Å²) < 4.78 is 7.43. The molecule has 3 aromatic rings. The van der Waals surface area contributed by atoms with E-state index in [1.165, 1.54) is 6.20 Å². The molecule has 0 saturated carbocycles. The smallest absolute Gasteiger partial charge is 0.227 e. The van der Waals surface area contributed by atoms with Crippen molar-refractivity contribution in [2.45, 2.75) is 39.7 Å². The van der Waals surface area contributed by atoms with Gasteiger partial charge in [-0.3, -0.25) is 4.79 Å². The van der Waals surface area contributed by atoms with E-state index < -0.39 is 5.60 Å². The molecule has 10 nitrogen and oxygen atoms in total. The van der Waals surface area contributed by atoms with Crippen molar-refractivity contribution in [1.29, 1.82) is 5.26 Å². The Labute approximate surface area is 223 Å². The summed E-state index contributed by atoms with van der Waals surface area (Å²) in [6.45, 7) is 10.7. The van der Waals surface area contributed by atoms with E-state index >= 15 is 0 Å². The number of carbonyl (C=O) groups excluding carboxylic acids is 1. The lowest BCUT2D eigenvalue weighted by molar-refractivity contribution is -0.136. The van der Waals surface area contributed by atoms with Crippen LogP contribution in [0.4, 0.5) is 5.82 Å². The summed E-state index contributed by atoms with van der Waals surface area (Å²) in [7, 11) is 0. The van der Waals surface area contributed by atoms with E-state index in [9.17, 15) is 15.2 Å². The third-order valence-electron chi connectivity index (χ3n) is 6.66. The van der Waals surface area contributed by atoms with Gasteiger partial charge in [-0.15, -0.1) is 0 Å². The Hall–Kier alpha value is -3.68. The van der Waals surface area contributed by atoms with E-state index in [1.54, 1.807) is 30.8 Å². The summed E-state index contributed by atoms with van der Waals surface area (Å²) >= 11 is 0. The summed E-state index contributed by atoms with van der Waals surface area (Å²) in [5, 5.41) is 24.0. The standard InChI is InChI=1S/C28H37N7O3/c1-19(2)11-21(13-29)27(36)34-9-7-33(8-10-34)25-6-5-20(15-31-25)24-12-23(38-18-28(3,4)37)17-35-26(24)22(14-30)16-32-35/h5-6,12,15-17,19,21,37H,7-11,13,18,29H2,1-4H3. The van der Waals surface area contributed by atoms with Crippen LogP contribution in [0.1, 0.15) is 39.7 Å². The van der Waals surface area contributed by atoms with Crippen molar-refractivity contribution in [2.24, 2.45) is 17.6 Å². The number of hydrogen-bond acceptors (Lipinski definition) is 8. The first-order valence-electron chi connectivity index (χ1n) is 13.1. The number of aromatic nitrogens is 3. The van der Waals surface area contributed by atoms with Gasteiger partial charge in [0.15, 0.2) is 0 Å². The third kappa shape index (κ3) is 6.23. The number of aliphatic hydroxyl groups is 1. The van der Waals surface area contributed by atoms with Crippen LogP contribution in [-0.4, -0.2) is 75.4 Å². The number of nitrogens with zero attached hydrogens (tertiary/aromatic N) is 6. The van der Waals surface area contributed by atoms with Gasteiger partial charge in [-0.05, 0) is 44.4 Å². The number of hydrogen-bond donors (Lipinski definition) is 2. The number of rotatable bonds is 9. The molecule has 4 heterocycles. The van der Waals surface area contributed by atoms with Crippen LogP contribution in [0.2, 0.25) is 0 Å². The zero-order chi connectivity index (χ0) is 27.4. The first-order valence-corrected chi connectivity index (χ1v) is 13.1. The van der Waals surface area contributed by atoms with Gasteiger partial charge in [-0.1, -0.05) is 13.8 Å². The normalized spacial score (nSPS) is 15.1. The predicted molar refractivity (Wildman–Crippen MR) is 146 cm³/mol. The molecule has 0 spiro atoms. The maximum Gasteiger partial charge on any atom is 0.227 e. The van der Waals surface area contributed by atoms with Gasteiger partial charge in [0.25, 0.3) is 0 Å². The number of nitrogens with two attached hydrogens (primary N) is 1. The van der Waals surface area contributed by atoms with Crippen LogP contribution in [0.3, 0.4) is 0 Å². The summed E-state index contributed by atoms with van der Waals surface area (Å²) in [5.74, 6) is 1.81. The van der Waals surface area contributed by atoms with Crippen molar-refractivity contribution in [3.63, 3.8) is 0 Å². The second-order valence-electron chi connectivity index (χ2n) is 10.9. The molecule has 1 atom stereocenters. The molecule has 0 radical (unpaired) electrons. The van der Waals surface area contributed by atoms with E-state index in [1.807, 2.05) is 23.1 Å². The molecule has 38 heavy (non-hydrogen) atoms. The van der Waals surface area contributed by atoms with Gasteiger partial charge in [-0.25, -0.2) is 9.50 Å². The topological polar surface area (TPSA) is 133 Å². The van der Waals surface area contributed by atoms with Gasteiger partial charge in [0.05, 0.1) is 35.0 Å². The van der Waals surface area contributed by atoms with E-state index in [-0.39, 0.29) is 18.4 Å². The maximum atomic E-state index is 12.9. The average Bonchev–Trinajstić information content (AvgIpc) is 3.32. The summed E-state index contributed by atoms with van der Waals surface area (Å²) in [6, 6.07) is 7.97. The molecule has 0 bridgehead atoms. The first kappa shape index (κ1) is 27.4. The Kier molecular flexibility index (Phi) is 8.19.